The number of hydrogen-bond acceptors (Lipinski definition) is 3. The first kappa shape index (κ1) is 40.7. The topological polar surface area (TPSA) is 50.9 Å². The van der Waals surface area contributed by atoms with E-state index in [4.69, 9.17) is 9.97 Å². The van der Waals surface area contributed by atoms with Gasteiger partial charge in [-0.05, 0) is 69.2 Å². The maximum atomic E-state index is 12.3. The number of rotatable bonds is 7. The summed E-state index contributed by atoms with van der Waals surface area (Å²) in [5.41, 5.74) is 13.3. The van der Waals surface area contributed by atoms with Crippen LogP contribution in [0.4, 0.5) is 0 Å². The fourth-order valence-corrected chi connectivity index (χ4v) is 8.19. The van der Waals surface area contributed by atoms with Crippen molar-refractivity contribution in [3.8, 4) is 56.3 Å². The van der Waals surface area contributed by atoms with E-state index in [0.717, 1.165) is 84.1 Å². The molecule has 0 saturated heterocycles. The maximum absolute atomic E-state index is 12.3. The van der Waals surface area contributed by atoms with Crippen LogP contribution in [0.2, 0.25) is 0 Å². The van der Waals surface area contributed by atoms with Gasteiger partial charge in [0, 0.05) is 43.9 Å². The van der Waals surface area contributed by atoms with E-state index in [1.54, 1.807) is 0 Å². The van der Waals surface area contributed by atoms with Gasteiger partial charge in [-0.1, -0.05) is 174 Å². The minimum absolute atomic E-state index is 0. The largest absolute Gasteiger partial charge is 0.507 e. The molecule has 2 heterocycles. The second kappa shape index (κ2) is 16.2. The predicted octanol–water partition coefficient (Wildman–Crippen LogP) is 13.9. The third kappa shape index (κ3) is 7.85. The Morgan fingerprint density at radius 2 is 1.28 bits per heavy atom. The Bertz CT molecular complexity index is 2990. The van der Waals surface area contributed by atoms with E-state index in [1.165, 1.54) is 5.56 Å². The van der Waals surface area contributed by atoms with Gasteiger partial charge in [0.25, 0.3) is 0 Å². The summed E-state index contributed by atoms with van der Waals surface area (Å²) >= 11 is 0. The molecule has 0 aliphatic carbocycles. The molecule has 4 nitrogen and oxygen atoms in total. The summed E-state index contributed by atoms with van der Waals surface area (Å²) in [5.74, 6) is 0.947. The summed E-state index contributed by atoms with van der Waals surface area (Å²) in [6, 6.07) is 59.1. The maximum Gasteiger partial charge on any atom is 0.148 e. The van der Waals surface area contributed by atoms with E-state index in [2.05, 4.69) is 204 Å². The van der Waals surface area contributed by atoms with Gasteiger partial charge in [-0.2, -0.15) is 0 Å². The number of benzene rings is 7. The standard InChI is InChI=1S/C55H48N3O.Pt/c1-54(2,3)43-34-46(52(59)47(35-43)55(4,5)6)53-57-51-45(24-16-26-50(51)58(53)49-25-15-22-39-21-13-14-23-44(39)49)41-30-37(29-36-17-9-7-10-18-36)31-42(32-41)48-33-40(27-28-56-48)38-19-11-8-12-20-38;/h7-28,30-31,33-35,59H,29H2,1-6H3;/q-1;. The zero-order valence-electron chi connectivity index (χ0n) is 34.9. The molecular weight excluding hydrogens is 914 g/mol. The molecule has 9 aromatic rings. The number of aromatic hydroxyl groups is 1. The predicted molar refractivity (Wildman–Crippen MR) is 245 cm³/mol. The molecule has 0 saturated carbocycles. The Morgan fingerprint density at radius 3 is 2.03 bits per heavy atom. The van der Waals surface area contributed by atoms with Crippen LogP contribution in [0.25, 0.3) is 72.4 Å². The van der Waals surface area contributed by atoms with E-state index in [-0.39, 0.29) is 37.6 Å². The van der Waals surface area contributed by atoms with Crippen molar-refractivity contribution in [2.45, 2.75) is 58.8 Å². The molecule has 60 heavy (non-hydrogen) atoms. The Balaban J connectivity index is 0.00000499. The monoisotopic (exact) mass is 961 g/mol. The summed E-state index contributed by atoms with van der Waals surface area (Å²) in [7, 11) is 0. The zero-order valence-corrected chi connectivity index (χ0v) is 37.2. The van der Waals surface area contributed by atoms with Gasteiger partial charge in [-0.15, -0.1) is 29.3 Å². The van der Waals surface area contributed by atoms with Crippen LogP contribution in [0, 0.1) is 6.07 Å². The van der Waals surface area contributed by atoms with E-state index in [9.17, 15) is 5.11 Å². The Labute approximate surface area is 367 Å². The molecule has 0 spiro atoms. The Kier molecular flexibility index (Phi) is 11.0. The molecule has 0 amide bonds. The summed E-state index contributed by atoms with van der Waals surface area (Å²) in [6.07, 6.45) is 2.64. The van der Waals surface area contributed by atoms with E-state index >= 15 is 0 Å². The van der Waals surface area contributed by atoms with Gasteiger partial charge in [0.15, 0.2) is 0 Å². The van der Waals surface area contributed by atoms with Crippen LogP contribution in [0.15, 0.2) is 164 Å². The minimum atomic E-state index is -0.308. The molecule has 1 N–H and O–H groups in total. The Hall–Kier alpha value is -6.09. The number of aromatic nitrogens is 3. The van der Waals surface area contributed by atoms with Gasteiger partial charge >= 0.3 is 0 Å². The average Bonchev–Trinajstić information content (AvgIpc) is 3.63. The molecule has 0 radical (unpaired) electrons. The molecule has 7 aromatic carbocycles. The van der Waals surface area contributed by atoms with Crippen molar-refractivity contribution < 1.29 is 26.2 Å². The number of imidazole rings is 1. The number of pyridine rings is 1. The van der Waals surface area contributed by atoms with Crippen molar-refractivity contribution in [2.75, 3.05) is 0 Å². The van der Waals surface area contributed by atoms with Gasteiger partial charge in [0.05, 0.1) is 22.3 Å². The van der Waals surface area contributed by atoms with Crippen molar-refractivity contribution in [1.29, 1.82) is 0 Å². The van der Waals surface area contributed by atoms with Gasteiger partial charge in [0.1, 0.15) is 11.6 Å². The van der Waals surface area contributed by atoms with E-state index < -0.39 is 0 Å². The van der Waals surface area contributed by atoms with Gasteiger partial charge in [-0.3, -0.25) is 9.55 Å². The molecule has 0 bridgehead atoms. The Morgan fingerprint density at radius 1 is 0.600 bits per heavy atom. The van der Waals surface area contributed by atoms with Crippen LogP contribution < -0.4 is 0 Å². The zero-order chi connectivity index (χ0) is 40.9. The van der Waals surface area contributed by atoms with Crippen LogP contribution in [0.3, 0.4) is 0 Å². The molecule has 2 aromatic heterocycles. The van der Waals surface area contributed by atoms with Crippen molar-refractivity contribution in [2.24, 2.45) is 0 Å². The molecule has 9 rings (SSSR count). The second-order valence-electron chi connectivity index (χ2n) is 17.6. The van der Waals surface area contributed by atoms with Crippen molar-refractivity contribution in [1.82, 2.24) is 14.5 Å². The normalized spacial score (nSPS) is 11.8. The van der Waals surface area contributed by atoms with Crippen LogP contribution in [0.5, 0.6) is 5.75 Å². The van der Waals surface area contributed by atoms with Gasteiger partial charge < -0.3 is 5.11 Å². The van der Waals surface area contributed by atoms with Crippen molar-refractivity contribution >= 4 is 21.8 Å². The number of nitrogens with zero attached hydrogens (tertiary/aromatic N) is 3. The number of fused-ring (bicyclic) bond motifs is 2. The number of hydrogen-bond donors (Lipinski definition) is 1. The molecule has 5 heteroatoms. The van der Waals surface area contributed by atoms with E-state index in [1.807, 2.05) is 12.3 Å². The summed E-state index contributed by atoms with van der Waals surface area (Å²) in [5, 5.41) is 14.6. The molecule has 0 unspecified atom stereocenters. The van der Waals surface area contributed by atoms with Gasteiger partial charge in [-0.25, -0.2) is 4.98 Å². The van der Waals surface area contributed by atoms with Gasteiger partial charge in [0.2, 0.25) is 0 Å². The fraction of sp³-hybridized carbons (Fsp3) is 0.164. The summed E-state index contributed by atoms with van der Waals surface area (Å²) in [6.45, 7) is 13.1. The van der Waals surface area contributed by atoms with Crippen LogP contribution in [-0.2, 0) is 38.3 Å². The molecule has 0 atom stereocenters. The molecule has 0 aliphatic rings. The van der Waals surface area contributed by atoms with Crippen LogP contribution in [-0.4, -0.2) is 19.6 Å². The SMILES string of the molecule is CC(C)(C)c1cc(-c2nc3c(-c4[c-]c(-c5cc(-c6ccccc6)ccn5)cc(Cc5ccccc5)c4)cccc3n2-c2cccc3ccccc23)c(O)c(C(C)(C)C)c1.[Pt]. The third-order valence-corrected chi connectivity index (χ3v) is 11.3. The van der Waals surface area contributed by atoms with Crippen LogP contribution >= 0.6 is 0 Å². The van der Waals surface area contributed by atoms with Crippen LogP contribution in [0.1, 0.15) is 63.8 Å². The molecule has 0 aliphatic heterocycles. The minimum Gasteiger partial charge on any atom is -0.507 e. The quantitative estimate of drug-likeness (QED) is 0.162. The number of phenols is 1. The fourth-order valence-electron chi connectivity index (χ4n) is 8.19. The average molecular weight is 962 g/mol. The summed E-state index contributed by atoms with van der Waals surface area (Å²) < 4.78 is 2.24. The molecule has 300 valence electrons. The van der Waals surface area contributed by atoms with Crippen molar-refractivity contribution in [3.05, 3.63) is 192 Å². The third-order valence-electron chi connectivity index (χ3n) is 11.3. The molecule has 0 fully saturated rings. The first-order chi connectivity index (χ1) is 28.4. The molecular formula is C55H48N3OPt-. The first-order valence-electron chi connectivity index (χ1n) is 20.4. The second-order valence-corrected chi connectivity index (χ2v) is 17.6. The smallest absolute Gasteiger partial charge is 0.148 e. The number of phenolic OH excluding ortho intramolecular Hbond substituents is 1. The van der Waals surface area contributed by atoms with E-state index in [0.29, 0.717) is 11.4 Å². The number of para-hydroxylation sites is 1. The summed E-state index contributed by atoms with van der Waals surface area (Å²) in [4.78, 5) is 10.5. The first-order valence-corrected chi connectivity index (χ1v) is 20.4. The van der Waals surface area contributed by atoms with Crippen molar-refractivity contribution in [3.63, 3.8) is 0 Å².